The summed E-state index contributed by atoms with van der Waals surface area (Å²) < 4.78 is 20.8. The van der Waals surface area contributed by atoms with Crippen LogP contribution in [0, 0.1) is 0 Å². The molecule has 0 aliphatic rings. The molecule has 0 atom stereocenters. The van der Waals surface area contributed by atoms with Crippen LogP contribution in [-0.4, -0.2) is 63.0 Å². The highest BCUT2D eigenvalue weighted by molar-refractivity contribution is 5.70. The maximum absolute atomic E-state index is 11.5. The van der Waals surface area contributed by atoms with Gasteiger partial charge in [0, 0.05) is 24.7 Å². The summed E-state index contributed by atoms with van der Waals surface area (Å²) in [6.07, 6.45) is 0.108. The molecule has 1 N–H and O–H groups in total. The number of carboxylic acids is 1. The van der Waals surface area contributed by atoms with Crippen molar-refractivity contribution < 1.29 is 33.6 Å². The topological polar surface area (TPSA) is 94.5 Å². The van der Waals surface area contributed by atoms with Gasteiger partial charge in [-0.15, -0.1) is 0 Å². The van der Waals surface area contributed by atoms with Gasteiger partial charge in [0.15, 0.2) is 11.5 Å². The molecule has 25 heavy (non-hydrogen) atoms. The lowest BCUT2D eigenvalue weighted by Gasteiger charge is -2.22. The molecular formula is C17H25NO7. The van der Waals surface area contributed by atoms with E-state index in [1.54, 1.807) is 24.0 Å². The zero-order chi connectivity index (χ0) is 18.8. The van der Waals surface area contributed by atoms with Crippen molar-refractivity contribution in [2.24, 2.45) is 0 Å². The van der Waals surface area contributed by atoms with E-state index in [4.69, 9.17) is 24.1 Å². The highest BCUT2D eigenvalue weighted by Crippen LogP contribution is 2.35. The number of carbonyl (C=O) groups is 2. The molecule has 0 aliphatic carbocycles. The molecule has 0 bridgehead atoms. The summed E-state index contributed by atoms with van der Waals surface area (Å²) in [4.78, 5) is 24.3. The van der Waals surface area contributed by atoms with Crippen molar-refractivity contribution in [3.8, 4) is 17.2 Å². The van der Waals surface area contributed by atoms with Gasteiger partial charge in [0.1, 0.15) is 5.75 Å². The Balaban J connectivity index is 2.97. The average Bonchev–Trinajstić information content (AvgIpc) is 2.59. The number of hydrogen-bond donors (Lipinski definition) is 1. The molecule has 0 aliphatic heterocycles. The van der Waals surface area contributed by atoms with Crippen LogP contribution in [0.15, 0.2) is 12.1 Å². The zero-order valence-electron chi connectivity index (χ0n) is 15.0. The number of ether oxygens (including phenoxy) is 4. The summed E-state index contributed by atoms with van der Waals surface area (Å²) in [6.45, 7) is 2.33. The number of hydrogen-bond acceptors (Lipinski definition) is 7. The maximum Gasteiger partial charge on any atom is 0.317 e. The summed E-state index contributed by atoms with van der Waals surface area (Å²) in [7, 11) is 4.56. The lowest BCUT2D eigenvalue weighted by atomic mass is 10.1. The summed E-state index contributed by atoms with van der Waals surface area (Å²) >= 11 is 0. The first-order valence-corrected chi connectivity index (χ1v) is 7.83. The summed E-state index contributed by atoms with van der Waals surface area (Å²) in [6, 6.07) is 3.41. The van der Waals surface area contributed by atoms with Crippen LogP contribution in [0.25, 0.3) is 0 Å². The van der Waals surface area contributed by atoms with E-state index in [2.05, 4.69) is 0 Å². The van der Waals surface area contributed by atoms with Crippen LogP contribution in [0.2, 0.25) is 0 Å². The highest BCUT2D eigenvalue weighted by Gasteiger charge is 2.18. The summed E-state index contributed by atoms with van der Waals surface area (Å²) in [5.41, 5.74) is 0.727. The Bertz CT molecular complexity index is 589. The standard InChI is InChI=1S/C17H25NO7/c1-5-25-17(21)6-7-18(11-16(19)20)10-12-8-14(23-3)15(24-4)9-13(12)22-2/h8-9H,5-7,10-11H2,1-4H3,(H,19,20). The molecule has 140 valence electrons. The van der Waals surface area contributed by atoms with Gasteiger partial charge in [-0.2, -0.15) is 0 Å². The summed E-state index contributed by atoms with van der Waals surface area (Å²) in [5.74, 6) is 0.225. The van der Waals surface area contributed by atoms with E-state index in [-0.39, 0.29) is 32.0 Å². The van der Waals surface area contributed by atoms with Crippen molar-refractivity contribution in [3.63, 3.8) is 0 Å². The Hall–Kier alpha value is -2.48. The minimum Gasteiger partial charge on any atom is -0.496 e. The first-order valence-electron chi connectivity index (χ1n) is 7.83. The molecular weight excluding hydrogens is 330 g/mol. The van der Waals surface area contributed by atoms with Gasteiger partial charge in [0.2, 0.25) is 0 Å². The second-order valence-corrected chi connectivity index (χ2v) is 5.18. The molecule has 0 fully saturated rings. The molecule has 0 saturated carbocycles. The first kappa shape index (κ1) is 20.6. The highest BCUT2D eigenvalue weighted by atomic mass is 16.5. The molecule has 0 radical (unpaired) electrons. The molecule has 8 heteroatoms. The fourth-order valence-corrected chi connectivity index (χ4v) is 2.34. The van der Waals surface area contributed by atoms with E-state index in [9.17, 15) is 9.59 Å². The molecule has 1 aromatic rings. The van der Waals surface area contributed by atoms with Crippen molar-refractivity contribution in [2.45, 2.75) is 19.9 Å². The number of methoxy groups -OCH3 is 3. The molecule has 1 aromatic carbocycles. The van der Waals surface area contributed by atoms with Gasteiger partial charge >= 0.3 is 11.9 Å². The van der Waals surface area contributed by atoms with Gasteiger partial charge in [-0.1, -0.05) is 0 Å². The Kier molecular flexibility index (Phi) is 8.55. The zero-order valence-corrected chi connectivity index (χ0v) is 15.0. The number of esters is 1. The third kappa shape index (κ3) is 6.50. The van der Waals surface area contributed by atoms with Crippen molar-refractivity contribution in [3.05, 3.63) is 17.7 Å². The van der Waals surface area contributed by atoms with Crippen molar-refractivity contribution in [1.29, 1.82) is 0 Å². The van der Waals surface area contributed by atoms with Gasteiger partial charge in [0.05, 0.1) is 40.9 Å². The largest absolute Gasteiger partial charge is 0.496 e. The van der Waals surface area contributed by atoms with Crippen LogP contribution < -0.4 is 14.2 Å². The number of nitrogens with zero attached hydrogens (tertiary/aromatic N) is 1. The van der Waals surface area contributed by atoms with E-state index >= 15 is 0 Å². The second kappa shape index (κ2) is 10.4. The first-order chi connectivity index (χ1) is 11.9. The lowest BCUT2D eigenvalue weighted by Crippen LogP contribution is -2.31. The Labute approximate surface area is 147 Å². The quantitative estimate of drug-likeness (QED) is 0.598. The Morgan fingerprint density at radius 1 is 1.04 bits per heavy atom. The lowest BCUT2D eigenvalue weighted by molar-refractivity contribution is -0.145. The van der Waals surface area contributed by atoms with Crippen molar-refractivity contribution in [1.82, 2.24) is 4.90 Å². The number of carboxylic acid groups (broad SMARTS) is 1. The number of benzene rings is 1. The third-order valence-corrected chi connectivity index (χ3v) is 3.48. The van der Waals surface area contributed by atoms with Gasteiger partial charge in [-0.25, -0.2) is 0 Å². The third-order valence-electron chi connectivity index (χ3n) is 3.48. The van der Waals surface area contributed by atoms with E-state index < -0.39 is 5.97 Å². The van der Waals surface area contributed by atoms with E-state index in [0.717, 1.165) is 5.56 Å². The Morgan fingerprint density at radius 3 is 2.16 bits per heavy atom. The normalized spacial score (nSPS) is 10.4. The minimum atomic E-state index is -0.983. The SMILES string of the molecule is CCOC(=O)CCN(CC(=O)O)Cc1cc(OC)c(OC)cc1OC. The van der Waals surface area contributed by atoms with E-state index in [0.29, 0.717) is 23.9 Å². The van der Waals surface area contributed by atoms with Crippen molar-refractivity contribution >= 4 is 11.9 Å². The van der Waals surface area contributed by atoms with Gasteiger partial charge in [-0.05, 0) is 13.0 Å². The number of rotatable bonds is 11. The molecule has 1 rings (SSSR count). The fourth-order valence-electron chi connectivity index (χ4n) is 2.34. The fraction of sp³-hybridized carbons (Fsp3) is 0.529. The van der Waals surface area contributed by atoms with Crippen LogP contribution in [0.1, 0.15) is 18.9 Å². The monoisotopic (exact) mass is 355 g/mol. The molecule has 8 nitrogen and oxygen atoms in total. The van der Waals surface area contributed by atoms with E-state index in [1.165, 1.54) is 21.3 Å². The van der Waals surface area contributed by atoms with Crippen LogP contribution in [-0.2, 0) is 20.9 Å². The molecule has 0 unspecified atom stereocenters. The maximum atomic E-state index is 11.5. The molecule has 0 spiro atoms. The smallest absolute Gasteiger partial charge is 0.317 e. The molecule has 0 amide bonds. The predicted octanol–water partition coefficient (Wildman–Crippen LogP) is 1.55. The van der Waals surface area contributed by atoms with Crippen LogP contribution >= 0.6 is 0 Å². The molecule has 0 heterocycles. The van der Waals surface area contributed by atoms with Gasteiger partial charge < -0.3 is 24.1 Å². The minimum absolute atomic E-state index is 0.108. The van der Waals surface area contributed by atoms with Crippen LogP contribution in [0.3, 0.4) is 0 Å². The van der Waals surface area contributed by atoms with Crippen LogP contribution in [0.4, 0.5) is 0 Å². The Morgan fingerprint density at radius 2 is 1.64 bits per heavy atom. The van der Waals surface area contributed by atoms with Gasteiger partial charge in [-0.3, -0.25) is 14.5 Å². The molecule has 0 saturated heterocycles. The second-order valence-electron chi connectivity index (χ2n) is 5.18. The van der Waals surface area contributed by atoms with Gasteiger partial charge in [0.25, 0.3) is 0 Å². The predicted molar refractivity (Wildman–Crippen MR) is 90.3 cm³/mol. The van der Waals surface area contributed by atoms with Crippen LogP contribution in [0.5, 0.6) is 17.2 Å². The van der Waals surface area contributed by atoms with E-state index in [1.807, 2.05) is 0 Å². The summed E-state index contributed by atoms with van der Waals surface area (Å²) in [5, 5.41) is 9.11. The van der Waals surface area contributed by atoms with Crippen molar-refractivity contribution in [2.75, 3.05) is 41.0 Å². The number of carbonyl (C=O) groups excluding carboxylic acids is 1. The number of aliphatic carboxylic acids is 1. The average molecular weight is 355 g/mol. The molecule has 0 aromatic heterocycles.